The fourth-order valence-corrected chi connectivity index (χ4v) is 5.53. The van der Waals surface area contributed by atoms with Gasteiger partial charge in [0.2, 0.25) is 0 Å². The smallest absolute Gasteiger partial charge is 0.358 e. The molecule has 35 heavy (non-hydrogen) atoms. The molecule has 0 N–H and O–H groups in total. The minimum atomic E-state index is 0. The van der Waals surface area contributed by atoms with Crippen LogP contribution < -0.4 is 0 Å². The molecular formula is C34H36Hf. The largest absolute Gasteiger partial charge is 4.00 e. The number of hydrogen-bond donors (Lipinski definition) is 0. The van der Waals surface area contributed by atoms with E-state index < -0.39 is 0 Å². The van der Waals surface area contributed by atoms with Gasteiger partial charge in [0.05, 0.1) is 0 Å². The molecule has 2 aliphatic carbocycles. The van der Waals surface area contributed by atoms with Crippen LogP contribution in [0.25, 0.3) is 22.3 Å². The van der Waals surface area contributed by atoms with Gasteiger partial charge in [-0.15, -0.1) is 22.3 Å². The van der Waals surface area contributed by atoms with Crippen LogP contribution >= 0.6 is 0 Å². The van der Waals surface area contributed by atoms with Crippen molar-refractivity contribution < 1.29 is 25.8 Å². The summed E-state index contributed by atoms with van der Waals surface area (Å²) in [5, 5.41) is 0. The standard InChI is InChI=1S/2C16H15.2CH3.Hf/c2*1-2-7-12-13-8-3-5-10-15(13)16-11-6-4-9-14(12)16;;;/h2*3-6,8,10-12H,2,7H2,1H3;2*1H3;/q4*-1;+4. The predicted molar refractivity (Wildman–Crippen MR) is 148 cm³/mol. The van der Waals surface area contributed by atoms with Crippen LogP contribution in [0.15, 0.2) is 84.9 Å². The van der Waals surface area contributed by atoms with Crippen LogP contribution in [0.1, 0.15) is 73.6 Å². The molecule has 176 valence electrons. The third-order valence-corrected chi connectivity index (χ3v) is 6.88. The van der Waals surface area contributed by atoms with Crippen molar-refractivity contribution >= 4 is 0 Å². The summed E-state index contributed by atoms with van der Waals surface area (Å²) in [6, 6.07) is 37.1. The van der Waals surface area contributed by atoms with E-state index in [9.17, 15) is 0 Å². The van der Waals surface area contributed by atoms with Crippen molar-refractivity contribution in [1.29, 1.82) is 0 Å². The van der Waals surface area contributed by atoms with Crippen LogP contribution in [0.5, 0.6) is 0 Å². The molecule has 0 aliphatic heterocycles. The van der Waals surface area contributed by atoms with Gasteiger partial charge in [0, 0.05) is 0 Å². The Labute approximate surface area is 232 Å². The minimum absolute atomic E-state index is 0. The summed E-state index contributed by atoms with van der Waals surface area (Å²) in [7, 11) is 0. The van der Waals surface area contributed by atoms with Gasteiger partial charge in [-0.25, -0.2) is 0 Å². The maximum atomic E-state index is 3.43. The topological polar surface area (TPSA) is 0 Å². The molecule has 0 bridgehead atoms. The minimum Gasteiger partial charge on any atom is -0.358 e. The molecule has 0 amide bonds. The third-order valence-electron chi connectivity index (χ3n) is 6.88. The van der Waals surface area contributed by atoms with E-state index in [1.54, 1.807) is 0 Å². The summed E-state index contributed by atoms with van der Waals surface area (Å²) in [6.45, 7) is 4.51. The van der Waals surface area contributed by atoms with E-state index in [0.29, 0.717) is 11.8 Å². The Morgan fingerprint density at radius 3 is 1.31 bits per heavy atom. The molecule has 4 aromatic carbocycles. The van der Waals surface area contributed by atoms with Gasteiger partial charge in [-0.05, 0) is 35.8 Å². The second-order valence-corrected chi connectivity index (χ2v) is 8.85. The molecule has 0 saturated carbocycles. The van der Waals surface area contributed by atoms with Gasteiger partial charge in [0.15, 0.2) is 0 Å². The zero-order valence-electron chi connectivity index (χ0n) is 21.6. The molecule has 2 aliphatic rings. The van der Waals surface area contributed by atoms with Gasteiger partial charge in [-0.2, -0.15) is 48.5 Å². The summed E-state index contributed by atoms with van der Waals surface area (Å²) in [5.41, 5.74) is 11.4. The first-order chi connectivity index (χ1) is 15.8. The third kappa shape index (κ3) is 5.46. The Morgan fingerprint density at radius 1 is 0.543 bits per heavy atom. The fourth-order valence-electron chi connectivity index (χ4n) is 5.53. The van der Waals surface area contributed by atoms with E-state index in [1.165, 1.54) is 70.2 Å². The summed E-state index contributed by atoms with van der Waals surface area (Å²) < 4.78 is 0. The zero-order chi connectivity index (χ0) is 21.9. The van der Waals surface area contributed by atoms with Crippen LogP contribution in [0.3, 0.4) is 0 Å². The molecule has 0 saturated heterocycles. The van der Waals surface area contributed by atoms with Crippen LogP contribution in [0, 0.1) is 27.0 Å². The van der Waals surface area contributed by atoms with Crippen molar-refractivity contribution in [2.24, 2.45) is 0 Å². The predicted octanol–water partition coefficient (Wildman–Crippen LogP) is 9.70. The summed E-state index contributed by atoms with van der Waals surface area (Å²) in [6.07, 6.45) is 4.90. The average molecular weight is 623 g/mol. The maximum Gasteiger partial charge on any atom is 4.00 e. The van der Waals surface area contributed by atoms with E-state index in [-0.39, 0.29) is 40.7 Å². The van der Waals surface area contributed by atoms with Crippen LogP contribution in [0.4, 0.5) is 0 Å². The van der Waals surface area contributed by atoms with Gasteiger partial charge < -0.3 is 14.9 Å². The Balaban J connectivity index is 0.000000227. The first kappa shape index (κ1) is 29.0. The van der Waals surface area contributed by atoms with Gasteiger partial charge in [0.25, 0.3) is 0 Å². The fraction of sp³-hybridized carbons (Fsp3) is 0.235. The van der Waals surface area contributed by atoms with E-state index in [0.717, 1.165) is 0 Å². The first-order valence-corrected chi connectivity index (χ1v) is 12.0. The molecule has 2 atom stereocenters. The van der Waals surface area contributed by atoms with Gasteiger partial charge in [-0.3, -0.25) is 0 Å². The van der Waals surface area contributed by atoms with Gasteiger partial charge >= 0.3 is 25.8 Å². The van der Waals surface area contributed by atoms with Crippen molar-refractivity contribution in [3.05, 3.63) is 134 Å². The SMILES string of the molecule is CCCC1c2[c-]cccc2-c2ccccc21.CCCC1c2[c-]cccc2-c2ccccc21.[CH3-].[CH3-].[Hf+4]. The van der Waals surface area contributed by atoms with Crippen molar-refractivity contribution in [2.75, 3.05) is 0 Å². The molecule has 0 heterocycles. The first-order valence-electron chi connectivity index (χ1n) is 12.0. The molecule has 0 spiro atoms. The molecule has 0 nitrogen and oxygen atoms in total. The number of rotatable bonds is 4. The normalized spacial score (nSPS) is 15.5. The van der Waals surface area contributed by atoms with Gasteiger partial charge in [0.1, 0.15) is 0 Å². The Bertz CT molecular complexity index is 1030. The number of benzene rings is 4. The van der Waals surface area contributed by atoms with Crippen molar-refractivity contribution in [1.82, 2.24) is 0 Å². The molecule has 0 radical (unpaired) electrons. The van der Waals surface area contributed by atoms with Crippen LogP contribution in [-0.4, -0.2) is 0 Å². The van der Waals surface area contributed by atoms with E-state index in [4.69, 9.17) is 0 Å². The maximum absolute atomic E-state index is 3.43. The summed E-state index contributed by atoms with van der Waals surface area (Å²) in [5.74, 6) is 1.13. The molecule has 1 heteroatoms. The Hall–Kier alpha value is -2.25. The quantitative estimate of drug-likeness (QED) is 0.157. The molecule has 2 unspecified atom stereocenters. The van der Waals surface area contributed by atoms with Crippen LogP contribution in [0.2, 0.25) is 0 Å². The summed E-state index contributed by atoms with van der Waals surface area (Å²) in [4.78, 5) is 0. The number of fused-ring (bicyclic) bond motifs is 6. The Kier molecular flexibility index (Phi) is 10.9. The van der Waals surface area contributed by atoms with Crippen molar-refractivity contribution in [3.8, 4) is 22.3 Å². The zero-order valence-corrected chi connectivity index (χ0v) is 25.2. The van der Waals surface area contributed by atoms with Gasteiger partial charge in [-0.1, -0.05) is 86.3 Å². The molecule has 6 rings (SSSR count). The molecule has 0 aromatic heterocycles. The second kappa shape index (κ2) is 13.2. The van der Waals surface area contributed by atoms with Crippen molar-refractivity contribution in [3.63, 3.8) is 0 Å². The molecular weight excluding hydrogens is 587 g/mol. The van der Waals surface area contributed by atoms with E-state index in [1.807, 2.05) is 12.1 Å². The van der Waals surface area contributed by atoms with Crippen molar-refractivity contribution in [2.45, 2.75) is 51.4 Å². The molecule has 4 aromatic rings. The average Bonchev–Trinajstić information content (AvgIpc) is 3.34. The monoisotopic (exact) mass is 624 g/mol. The second-order valence-electron chi connectivity index (χ2n) is 8.85. The summed E-state index contributed by atoms with van der Waals surface area (Å²) >= 11 is 0. The Morgan fingerprint density at radius 2 is 0.914 bits per heavy atom. The molecule has 0 fully saturated rings. The van der Waals surface area contributed by atoms with E-state index in [2.05, 4.69) is 98.8 Å². The number of hydrogen-bond acceptors (Lipinski definition) is 0. The van der Waals surface area contributed by atoms with E-state index >= 15 is 0 Å². The van der Waals surface area contributed by atoms with Crippen LogP contribution in [-0.2, 0) is 25.8 Å².